The Hall–Kier alpha value is -2.80. The number of fused-ring (bicyclic) bond motifs is 1. The third-order valence-electron chi connectivity index (χ3n) is 5.29. The number of anilines is 1. The third kappa shape index (κ3) is 5.24. The summed E-state index contributed by atoms with van der Waals surface area (Å²) >= 11 is 13.1. The molecule has 2 N–H and O–H groups in total. The first-order valence-electron chi connectivity index (χ1n) is 10.2. The summed E-state index contributed by atoms with van der Waals surface area (Å²) in [5, 5.41) is 6.24. The van der Waals surface area contributed by atoms with E-state index in [1.165, 1.54) is 6.07 Å². The van der Waals surface area contributed by atoms with Crippen molar-refractivity contribution >= 4 is 57.6 Å². The van der Waals surface area contributed by atoms with E-state index in [9.17, 15) is 9.59 Å². The number of ketones is 1. The van der Waals surface area contributed by atoms with Gasteiger partial charge in [-0.05, 0) is 56.2 Å². The van der Waals surface area contributed by atoms with Crippen LogP contribution in [0.3, 0.4) is 0 Å². The summed E-state index contributed by atoms with van der Waals surface area (Å²) in [6.07, 6.45) is 2.42. The molecule has 0 unspecified atom stereocenters. The fourth-order valence-corrected chi connectivity index (χ4v) is 5.27. The second-order valence-corrected chi connectivity index (χ2v) is 10.7. The van der Waals surface area contributed by atoms with E-state index >= 15 is 0 Å². The van der Waals surface area contributed by atoms with Crippen LogP contribution in [0.25, 0.3) is 5.70 Å². The van der Waals surface area contributed by atoms with Crippen LogP contribution in [-0.4, -0.2) is 24.3 Å². The van der Waals surface area contributed by atoms with E-state index in [0.29, 0.717) is 25.5 Å². The summed E-state index contributed by atoms with van der Waals surface area (Å²) in [4.78, 5) is 25.7. The van der Waals surface area contributed by atoms with Crippen LogP contribution in [0.5, 0.6) is 5.75 Å². The molecule has 0 fully saturated rings. The number of carbonyl (C=O) groups excluding carboxylic acids is 2. The lowest BCUT2D eigenvalue weighted by molar-refractivity contribution is 0.102. The zero-order chi connectivity index (χ0) is 23.8. The molecule has 33 heavy (non-hydrogen) atoms. The van der Waals surface area contributed by atoms with Crippen molar-refractivity contribution in [2.45, 2.75) is 25.8 Å². The van der Waals surface area contributed by atoms with Gasteiger partial charge in [0.05, 0.1) is 17.0 Å². The highest BCUT2D eigenvalue weighted by atomic mass is 35.5. The Balaban J connectivity index is 1.61. The molecule has 0 radical (unpaired) electrons. The van der Waals surface area contributed by atoms with Crippen molar-refractivity contribution < 1.29 is 14.3 Å². The minimum Gasteiger partial charge on any atom is -0.497 e. The largest absolute Gasteiger partial charge is 0.497 e. The Morgan fingerprint density at radius 3 is 2.64 bits per heavy atom. The van der Waals surface area contributed by atoms with Crippen LogP contribution in [0.2, 0.25) is 8.67 Å². The Bertz CT molecular complexity index is 1280. The molecule has 0 spiro atoms. The number of hydrogen-bond acceptors (Lipinski definition) is 5. The lowest BCUT2D eigenvalue weighted by atomic mass is 9.85. The first-order valence-corrected chi connectivity index (χ1v) is 11.8. The van der Waals surface area contributed by atoms with E-state index in [-0.39, 0.29) is 17.2 Å². The average Bonchev–Trinajstić information content (AvgIpc) is 3.11. The molecule has 3 aromatic rings. The molecule has 1 aliphatic rings. The van der Waals surface area contributed by atoms with E-state index in [1.54, 1.807) is 37.5 Å². The summed E-state index contributed by atoms with van der Waals surface area (Å²) in [7, 11) is 1.62. The Morgan fingerprint density at radius 1 is 1.15 bits per heavy atom. The van der Waals surface area contributed by atoms with Gasteiger partial charge in [-0.25, -0.2) is 0 Å². The highest BCUT2D eigenvalue weighted by Gasteiger charge is 2.28. The van der Waals surface area contributed by atoms with Gasteiger partial charge in [-0.2, -0.15) is 0 Å². The average molecular weight is 501 g/mol. The molecule has 2 heterocycles. The number of benzene rings is 2. The van der Waals surface area contributed by atoms with E-state index < -0.39 is 0 Å². The molecule has 0 atom stereocenters. The minimum atomic E-state index is -0.386. The number of ether oxygens (including phenoxy) is 1. The van der Waals surface area contributed by atoms with Crippen LogP contribution in [0.1, 0.15) is 45.7 Å². The number of nitrogens with one attached hydrogen (secondary N) is 2. The maximum atomic E-state index is 13.2. The smallest absolute Gasteiger partial charge is 0.258 e. The van der Waals surface area contributed by atoms with E-state index in [4.69, 9.17) is 27.9 Å². The molecule has 5 nitrogen and oxygen atoms in total. The molecular formula is C25H22Cl2N2O3S. The summed E-state index contributed by atoms with van der Waals surface area (Å²) < 4.78 is 6.12. The number of thiophene rings is 1. The van der Waals surface area contributed by atoms with Crippen molar-refractivity contribution in [3.63, 3.8) is 0 Å². The third-order valence-corrected chi connectivity index (χ3v) is 6.78. The normalized spacial score (nSPS) is 15.5. The van der Waals surface area contributed by atoms with Gasteiger partial charge in [-0.3, -0.25) is 9.59 Å². The van der Waals surface area contributed by atoms with Crippen LogP contribution in [0.4, 0.5) is 5.69 Å². The summed E-state index contributed by atoms with van der Waals surface area (Å²) in [6, 6.07) is 14.2. The molecule has 1 amide bonds. The number of methoxy groups -OCH3 is 1. The second-order valence-electron chi connectivity index (χ2n) is 8.40. The Labute approximate surface area is 206 Å². The topological polar surface area (TPSA) is 67.4 Å². The zero-order valence-electron chi connectivity index (χ0n) is 18.3. The van der Waals surface area contributed by atoms with Crippen molar-refractivity contribution in [2.24, 2.45) is 0 Å². The number of carbonyl (C=O) groups is 2. The van der Waals surface area contributed by atoms with Gasteiger partial charge in [-0.15, -0.1) is 11.3 Å². The summed E-state index contributed by atoms with van der Waals surface area (Å²) in [5.41, 5.74) is 3.85. The molecule has 1 aliphatic heterocycles. The van der Waals surface area contributed by atoms with Crippen molar-refractivity contribution in [3.8, 4) is 5.75 Å². The zero-order valence-corrected chi connectivity index (χ0v) is 20.6. The van der Waals surface area contributed by atoms with E-state index in [2.05, 4.69) is 24.5 Å². The molecule has 0 saturated carbocycles. The van der Waals surface area contributed by atoms with E-state index in [1.807, 2.05) is 18.2 Å². The number of hydrogen-bond donors (Lipinski definition) is 2. The highest BCUT2D eigenvalue weighted by Crippen LogP contribution is 2.33. The fourth-order valence-electron chi connectivity index (χ4n) is 3.81. The predicted octanol–water partition coefficient (Wildman–Crippen LogP) is 6.46. The van der Waals surface area contributed by atoms with Gasteiger partial charge in [0.1, 0.15) is 10.1 Å². The summed E-state index contributed by atoms with van der Waals surface area (Å²) in [6.45, 7) is 4.19. The van der Waals surface area contributed by atoms with Gasteiger partial charge in [0.25, 0.3) is 5.91 Å². The van der Waals surface area contributed by atoms with Crippen molar-refractivity contribution in [1.29, 1.82) is 0 Å². The van der Waals surface area contributed by atoms with Gasteiger partial charge < -0.3 is 15.4 Å². The van der Waals surface area contributed by atoms with Crippen LogP contribution in [0.15, 0.2) is 54.6 Å². The van der Waals surface area contributed by atoms with Crippen LogP contribution >= 0.6 is 34.5 Å². The molecular weight excluding hydrogens is 479 g/mol. The van der Waals surface area contributed by atoms with Crippen molar-refractivity contribution in [1.82, 2.24) is 5.32 Å². The molecule has 0 bridgehead atoms. The SMILES string of the molecule is COc1ccc2c(c1)/C(=C/C(=O)c1cccc(NC(=O)c3cc(Cl)sc3Cl)c1)NC(C)(C)C2. The fraction of sp³-hybridized carbons (Fsp3) is 0.200. The van der Waals surface area contributed by atoms with Crippen molar-refractivity contribution in [2.75, 3.05) is 12.4 Å². The first kappa shape index (κ1) is 23.4. The van der Waals surface area contributed by atoms with Crippen molar-refractivity contribution in [3.05, 3.63) is 85.5 Å². The maximum absolute atomic E-state index is 13.2. The lowest BCUT2D eigenvalue weighted by Gasteiger charge is -2.35. The molecule has 170 valence electrons. The quantitative estimate of drug-likeness (QED) is 0.311. The van der Waals surface area contributed by atoms with Crippen LogP contribution in [0, 0.1) is 0 Å². The van der Waals surface area contributed by atoms with Gasteiger partial charge in [0.2, 0.25) is 0 Å². The first-order chi connectivity index (χ1) is 15.6. The number of rotatable bonds is 5. The lowest BCUT2D eigenvalue weighted by Crippen LogP contribution is -2.43. The minimum absolute atomic E-state index is 0.184. The highest BCUT2D eigenvalue weighted by molar-refractivity contribution is 7.20. The Morgan fingerprint density at radius 2 is 1.94 bits per heavy atom. The van der Waals surface area contributed by atoms with Gasteiger partial charge in [0.15, 0.2) is 5.78 Å². The molecule has 8 heteroatoms. The standard InChI is InChI=1S/C25H22Cl2N2O3S/c1-25(2)13-15-7-8-17(32-3)10-18(15)20(29-25)12-21(30)14-5-4-6-16(9-14)28-24(31)19-11-22(26)33-23(19)27/h4-12,29H,13H2,1-3H3,(H,28,31)/b20-12-. The second kappa shape index (κ2) is 9.21. The van der Waals surface area contributed by atoms with Gasteiger partial charge in [0, 0.05) is 34.1 Å². The molecule has 0 saturated heterocycles. The number of amides is 1. The van der Waals surface area contributed by atoms with Gasteiger partial charge in [-0.1, -0.05) is 41.4 Å². The van der Waals surface area contributed by atoms with Crippen LogP contribution < -0.4 is 15.4 Å². The molecule has 2 aromatic carbocycles. The number of halogens is 2. The Kier molecular flexibility index (Phi) is 6.52. The van der Waals surface area contributed by atoms with E-state index in [0.717, 1.165) is 40.3 Å². The monoisotopic (exact) mass is 500 g/mol. The maximum Gasteiger partial charge on any atom is 0.258 e. The molecule has 4 rings (SSSR count). The summed E-state index contributed by atoms with van der Waals surface area (Å²) in [5.74, 6) is 0.157. The predicted molar refractivity (Wildman–Crippen MR) is 135 cm³/mol. The van der Waals surface area contributed by atoms with Gasteiger partial charge >= 0.3 is 0 Å². The number of allylic oxidation sites excluding steroid dienone is 1. The van der Waals surface area contributed by atoms with Crippen LogP contribution in [-0.2, 0) is 6.42 Å². The molecule has 0 aliphatic carbocycles. The molecule has 1 aromatic heterocycles.